The lowest BCUT2D eigenvalue weighted by Gasteiger charge is -2.27. The van der Waals surface area contributed by atoms with Crippen molar-refractivity contribution in [3.05, 3.63) is 22.4 Å². The summed E-state index contributed by atoms with van der Waals surface area (Å²) in [5, 5.41) is 5.16. The van der Waals surface area contributed by atoms with Crippen LogP contribution in [-0.4, -0.2) is 62.8 Å². The summed E-state index contributed by atoms with van der Waals surface area (Å²) in [7, 11) is 4.09. The average Bonchev–Trinajstić information content (AvgIpc) is 3.18. The van der Waals surface area contributed by atoms with Gasteiger partial charge in [0, 0.05) is 37.0 Å². The van der Waals surface area contributed by atoms with Crippen molar-refractivity contribution in [2.45, 2.75) is 19.4 Å². The molecule has 1 aliphatic rings. The Labute approximate surface area is 137 Å². The molecule has 2 atom stereocenters. The number of likely N-dealkylation sites (N-methyl/N-ethyl adjacent to an activating group) is 1. The van der Waals surface area contributed by atoms with Crippen LogP contribution >= 0.6 is 11.3 Å². The molecule has 1 aliphatic heterocycles. The van der Waals surface area contributed by atoms with Crippen LogP contribution in [0, 0.1) is 5.92 Å². The minimum Gasteiger partial charge on any atom is -0.381 e. The van der Waals surface area contributed by atoms with E-state index in [0.29, 0.717) is 12.5 Å². The van der Waals surface area contributed by atoms with E-state index < -0.39 is 0 Å². The normalized spacial score (nSPS) is 19.4. The summed E-state index contributed by atoms with van der Waals surface area (Å²) in [6.07, 6.45) is 1.05. The third-order valence-electron chi connectivity index (χ3n) is 4.11. The number of amides is 2. The van der Waals surface area contributed by atoms with Gasteiger partial charge in [0.05, 0.1) is 12.6 Å². The van der Waals surface area contributed by atoms with Gasteiger partial charge in [0.1, 0.15) is 0 Å². The minimum atomic E-state index is 0.0257. The Morgan fingerprint density at radius 1 is 1.55 bits per heavy atom. The maximum absolute atomic E-state index is 12.4. The molecule has 6 heteroatoms. The number of hydrogen-bond acceptors (Lipinski definition) is 4. The van der Waals surface area contributed by atoms with Gasteiger partial charge in [-0.1, -0.05) is 6.07 Å². The topological polar surface area (TPSA) is 44.8 Å². The fourth-order valence-electron chi connectivity index (χ4n) is 2.71. The summed E-state index contributed by atoms with van der Waals surface area (Å²) in [6, 6.07) is 4.42. The zero-order valence-corrected chi connectivity index (χ0v) is 14.6. The smallest absolute Gasteiger partial charge is 0.317 e. The monoisotopic (exact) mass is 325 g/mol. The minimum absolute atomic E-state index is 0.0257. The second-order valence-electron chi connectivity index (χ2n) is 5.95. The summed E-state index contributed by atoms with van der Waals surface area (Å²) in [5.41, 5.74) is 0. The number of hydrogen-bond donors (Lipinski definition) is 1. The largest absolute Gasteiger partial charge is 0.381 e. The number of nitrogens with zero attached hydrogens (tertiary/aromatic N) is 2. The molecule has 0 spiro atoms. The molecule has 1 aromatic heterocycles. The first-order chi connectivity index (χ1) is 10.6. The highest BCUT2D eigenvalue weighted by molar-refractivity contribution is 7.10. The number of urea groups is 1. The Bertz CT molecular complexity index is 444. The summed E-state index contributed by atoms with van der Waals surface area (Å²) in [4.78, 5) is 17.7. The van der Waals surface area contributed by atoms with Gasteiger partial charge in [-0.3, -0.25) is 0 Å². The SMILES string of the molecule is CCN(C[C@@H]1CCOC1)C(=O)NC[C@@H](c1cccs1)N(C)C. The number of nitrogens with one attached hydrogen (secondary N) is 1. The Kier molecular flexibility index (Phi) is 6.67. The predicted octanol–water partition coefficient (Wildman–Crippen LogP) is 2.42. The molecule has 0 bridgehead atoms. The summed E-state index contributed by atoms with van der Waals surface area (Å²) >= 11 is 1.73. The van der Waals surface area contributed by atoms with Crippen LogP contribution in [0.4, 0.5) is 4.79 Å². The van der Waals surface area contributed by atoms with Crippen molar-refractivity contribution in [1.82, 2.24) is 15.1 Å². The molecular formula is C16H27N3O2S. The molecule has 0 unspecified atom stereocenters. The first kappa shape index (κ1) is 17.2. The maximum Gasteiger partial charge on any atom is 0.317 e. The van der Waals surface area contributed by atoms with E-state index in [2.05, 4.69) is 27.7 Å². The van der Waals surface area contributed by atoms with Crippen molar-refractivity contribution in [1.29, 1.82) is 0 Å². The van der Waals surface area contributed by atoms with E-state index in [9.17, 15) is 4.79 Å². The van der Waals surface area contributed by atoms with Crippen LogP contribution in [0.1, 0.15) is 24.3 Å². The molecule has 0 aliphatic carbocycles. The van der Waals surface area contributed by atoms with E-state index >= 15 is 0 Å². The molecule has 2 heterocycles. The molecule has 22 heavy (non-hydrogen) atoms. The van der Waals surface area contributed by atoms with Gasteiger partial charge in [0.25, 0.3) is 0 Å². The molecule has 1 fully saturated rings. The van der Waals surface area contributed by atoms with Gasteiger partial charge in [0.15, 0.2) is 0 Å². The van der Waals surface area contributed by atoms with E-state index in [1.165, 1.54) is 4.88 Å². The molecule has 0 aromatic carbocycles. The van der Waals surface area contributed by atoms with Gasteiger partial charge < -0.3 is 19.9 Å². The lowest BCUT2D eigenvalue weighted by Crippen LogP contribution is -2.45. The van der Waals surface area contributed by atoms with Crippen LogP contribution in [-0.2, 0) is 4.74 Å². The van der Waals surface area contributed by atoms with Crippen LogP contribution in [0.25, 0.3) is 0 Å². The molecule has 2 amide bonds. The zero-order valence-electron chi connectivity index (χ0n) is 13.7. The van der Waals surface area contributed by atoms with E-state index in [0.717, 1.165) is 32.7 Å². The van der Waals surface area contributed by atoms with Crippen molar-refractivity contribution in [2.75, 3.05) is 46.9 Å². The molecular weight excluding hydrogens is 298 g/mol. The van der Waals surface area contributed by atoms with Crippen molar-refractivity contribution < 1.29 is 9.53 Å². The maximum atomic E-state index is 12.4. The van der Waals surface area contributed by atoms with E-state index in [1.807, 2.05) is 25.9 Å². The van der Waals surface area contributed by atoms with Gasteiger partial charge in [-0.15, -0.1) is 11.3 Å². The van der Waals surface area contributed by atoms with E-state index in [1.54, 1.807) is 11.3 Å². The highest BCUT2D eigenvalue weighted by Crippen LogP contribution is 2.22. The molecule has 124 valence electrons. The summed E-state index contributed by atoms with van der Waals surface area (Å²) in [6.45, 7) is 5.77. The predicted molar refractivity (Wildman–Crippen MR) is 90.3 cm³/mol. The van der Waals surface area contributed by atoms with E-state index in [-0.39, 0.29) is 12.1 Å². The fourth-order valence-corrected chi connectivity index (χ4v) is 3.63. The average molecular weight is 325 g/mol. The Balaban J connectivity index is 1.86. The van der Waals surface area contributed by atoms with Crippen molar-refractivity contribution in [3.63, 3.8) is 0 Å². The summed E-state index contributed by atoms with van der Waals surface area (Å²) in [5.74, 6) is 0.479. The van der Waals surface area contributed by atoms with Crippen LogP contribution < -0.4 is 5.32 Å². The van der Waals surface area contributed by atoms with E-state index in [4.69, 9.17) is 4.74 Å². The summed E-state index contributed by atoms with van der Waals surface area (Å²) < 4.78 is 5.40. The van der Waals surface area contributed by atoms with Crippen LogP contribution in [0.5, 0.6) is 0 Å². The molecule has 5 nitrogen and oxygen atoms in total. The fraction of sp³-hybridized carbons (Fsp3) is 0.688. The van der Waals surface area contributed by atoms with Crippen molar-refractivity contribution in [2.24, 2.45) is 5.92 Å². The molecule has 1 N–H and O–H groups in total. The van der Waals surface area contributed by atoms with Crippen molar-refractivity contribution in [3.8, 4) is 0 Å². The highest BCUT2D eigenvalue weighted by atomic mass is 32.1. The second kappa shape index (κ2) is 8.50. The molecule has 0 saturated carbocycles. The van der Waals surface area contributed by atoms with Gasteiger partial charge in [-0.05, 0) is 38.9 Å². The van der Waals surface area contributed by atoms with Gasteiger partial charge in [-0.2, -0.15) is 0 Å². The van der Waals surface area contributed by atoms with Crippen molar-refractivity contribution >= 4 is 17.4 Å². The zero-order chi connectivity index (χ0) is 15.9. The lowest BCUT2D eigenvalue weighted by molar-refractivity contribution is 0.164. The van der Waals surface area contributed by atoms with Crippen LogP contribution in [0.3, 0.4) is 0 Å². The number of rotatable bonds is 7. The highest BCUT2D eigenvalue weighted by Gasteiger charge is 2.22. The molecule has 1 aromatic rings. The number of carbonyl (C=O) groups excluding carboxylic acids is 1. The molecule has 1 saturated heterocycles. The Morgan fingerprint density at radius 3 is 2.91 bits per heavy atom. The third-order valence-corrected chi connectivity index (χ3v) is 5.09. The first-order valence-electron chi connectivity index (χ1n) is 7.92. The van der Waals surface area contributed by atoms with Gasteiger partial charge >= 0.3 is 6.03 Å². The molecule has 0 radical (unpaired) electrons. The quantitative estimate of drug-likeness (QED) is 0.837. The standard InChI is InChI=1S/C16H27N3O2S/c1-4-19(11-13-7-8-21-12-13)16(20)17-10-14(18(2)3)15-6-5-9-22-15/h5-6,9,13-14H,4,7-8,10-12H2,1-3H3,(H,17,20)/t13-,14-/m0/s1. The van der Waals surface area contributed by atoms with Gasteiger partial charge in [-0.25, -0.2) is 4.79 Å². The Morgan fingerprint density at radius 2 is 2.36 bits per heavy atom. The Hall–Kier alpha value is -1.11. The third kappa shape index (κ3) is 4.69. The second-order valence-corrected chi connectivity index (χ2v) is 6.93. The number of carbonyl (C=O) groups is 1. The van der Waals surface area contributed by atoms with Gasteiger partial charge in [0.2, 0.25) is 0 Å². The molecule has 2 rings (SSSR count). The lowest BCUT2D eigenvalue weighted by atomic mass is 10.1. The number of ether oxygens (including phenoxy) is 1. The van der Waals surface area contributed by atoms with Crippen LogP contribution in [0.15, 0.2) is 17.5 Å². The number of thiophene rings is 1. The van der Waals surface area contributed by atoms with Crippen LogP contribution in [0.2, 0.25) is 0 Å². The first-order valence-corrected chi connectivity index (χ1v) is 8.80.